The number of hydrogen-bond acceptors (Lipinski definition) is 0. The van der Waals surface area contributed by atoms with Crippen LogP contribution < -0.4 is 35.3 Å². The van der Waals surface area contributed by atoms with Crippen LogP contribution in [0.3, 0.4) is 0 Å². The van der Waals surface area contributed by atoms with Gasteiger partial charge in [-0.3, -0.25) is 0 Å². The first-order chi connectivity index (χ1) is 11.2. The Hall–Kier alpha value is 0.0831. The Balaban J connectivity index is 0.000000810. The molecule has 3 aliphatic rings. The van der Waals surface area contributed by atoms with Gasteiger partial charge in [-0.15, -0.1) is 33.4 Å². The fourth-order valence-corrected chi connectivity index (χ4v) is 4.66. The molecule has 0 amide bonds. The molecule has 0 aliphatic heterocycles. The smallest absolute Gasteiger partial charge is 1.00 e. The van der Waals surface area contributed by atoms with Gasteiger partial charge in [0.2, 0.25) is 0 Å². The standard InChI is InChI=1S/C21H13Br2.2ClH.Zr/c22-15-8-7-14-9-18-17(16(14)10-15)11-19(23)21(13-5-6-13)20(18)12-3-1-2-4-12;;;/h1-3,7-8,10-11H,4-6H2;2*1H;/q-1;;;+3/p-2. The van der Waals surface area contributed by atoms with Crippen molar-refractivity contribution in [1.29, 1.82) is 0 Å². The zero-order chi connectivity index (χ0) is 15.6. The minimum atomic E-state index is 0. The molecule has 129 valence electrons. The van der Waals surface area contributed by atoms with Crippen LogP contribution in [0.5, 0.6) is 0 Å². The van der Waals surface area contributed by atoms with Gasteiger partial charge in [-0.2, -0.15) is 0 Å². The second-order valence-corrected chi connectivity index (χ2v) is 8.04. The molecule has 5 heteroatoms. The van der Waals surface area contributed by atoms with Gasteiger partial charge in [0, 0.05) is 8.95 Å². The summed E-state index contributed by atoms with van der Waals surface area (Å²) in [6.07, 6.45) is 13.8. The van der Waals surface area contributed by atoms with E-state index in [9.17, 15) is 0 Å². The second kappa shape index (κ2) is 8.62. The molecule has 0 unspecified atom stereocenters. The average Bonchev–Trinajstić information content (AvgIpc) is 3.10. The van der Waals surface area contributed by atoms with Crippen molar-refractivity contribution in [2.75, 3.05) is 0 Å². The van der Waals surface area contributed by atoms with Crippen LogP contribution in [-0.2, 0) is 26.2 Å². The molecule has 3 aliphatic carbocycles. The second-order valence-electron chi connectivity index (χ2n) is 6.27. The number of fused-ring (bicyclic) bond motifs is 2. The van der Waals surface area contributed by atoms with Gasteiger partial charge >= 0.3 is 26.2 Å². The minimum Gasteiger partial charge on any atom is -1.00 e. The summed E-state index contributed by atoms with van der Waals surface area (Å²) in [5.74, 6) is 0. The molecular weight excluding hydrogens is 574 g/mol. The van der Waals surface area contributed by atoms with E-state index < -0.39 is 0 Å². The van der Waals surface area contributed by atoms with E-state index in [0.717, 1.165) is 10.9 Å². The van der Waals surface area contributed by atoms with Crippen molar-refractivity contribution in [3.63, 3.8) is 0 Å². The van der Waals surface area contributed by atoms with Crippen molar-refractivity contribution in [2.45, 2.75) is 19.3 Å². The number of hydrogen-bond donors (Lipinski definition) is 0. The van der Waals surface area contributed by atoms with Crippen molar-refractivity contribution < 1.29 is 51.0 Å². The summed E-state index contributed by atoms with van der Waals surface area (Å²) in [6, 6.07) is 8.74. The van der Waals surface area contributed by atoms with Crippen molar-refractivity contribution in [2.24, 2.45) is 0 Å². The van der Waals surface area contributed by atoms with Gasteiger partial charge in [-0.05, 0) is 24.5 Å². The minimum absolute atomic E-state index is 0. The Kier molecular flexibility index (Phi) is 7.42. The fraction of sp³-hybridized carbons (Fsp3) is 0.143. The van der Waals surface area contributed by atoms with Crippen molar-refractivity contribution >= 4 is 49.1 Å². The van der Waals surface area contributed by atoms with Crippen LogP contribution in [0.4, 0.5) is 0 Å². The van der Waals surface area contributed by atoms with Crippen LogP contribution >= 0.6 is 31.9 Å². The molecule has 2 aromatic carbocycles. The molecule has 2 aromatic rings. The zero-order valence-electron chi connectivity index (χ0n) is 13.7. The Bertz CT molecular complexity index is 1160. The zero-order valence-corrected chi connectivity index (χ0v) is 20.8. The van der Waals surface area contributed by atoms with Gasteiger partial charge in [0.25, 0.3) is 0 Å². The first-order valence-electron chi connectivity index (χ1n) is 7.87. The third-order valence-corrected chi connectivity index (χ3v) is 5.88. The largest absolute Gasteiger partial charge is 3.00 e. The Labute approximate surface area is 201 Å². The molecule has 1 saturated carbocycles. The van der Waals surface area contributed by atoms with E-state index in [2.05, 4.69) is 80.4 Å². The predicted molar refractivity (Wildman–Crippen MR) is 102 cm³/mol. The van der Waals surface area contributed by atoms with Gasteiger partial charge < -0.3 is 24.8 Å². The molecule has 0 heterocycles. The first kappa shape index (κ1) is 22.4. The van der Waals surface area contributed by atoms with E-state index in [1.807, 2.05) is 0 Å². The van der Waals surface area contributed by atoms with Crippen LogP contribution in [0.25, 0.3) is 17.2 Å². The van der Waals surface area contributed by atoms with Crippen LogP contribution in [0.2, 0.25) is 0 Å². The Morgan fingerprint density at radius 2 is 1.73 bits per heavy atom. The third-order valence-electron chi connectivity index (χ3n) is 4.76. The molecule has 0 spiro atoms. The molecule has 0 aromatic heterocycles. The fourth-order valence-electron chi connectivity index (χ4n) is 3.59. The van der Waals surface area contributed by atoms with Crippen LogP contribution in [0.15, 0.2) is 51.4 Å². The summed E-state index contributed by atoms with van der Waals surface area (Å²) < 4.78 is 2.34. The third kappa shape index (κ3) is 3.68. The summed E-state index contributed by atoms with van der Waals surface area (Å²) in [5, 5.41) is 5.18. The van der Waals surface area contributed by atoms with E-state index in [4.69, 9.17) is 0 Å². The van der Waals surface area contributed by atoms with Crippen molar-refractivity contribution in [1.82, 2.24) is 0 Å². The Morgan fingerprint density at radius 3 is 2.38 bits per heavy atom. The summed E-state index contributed by atoms with van der Waals surface area (Å²) in [7, 11) is 0. The maximum absolute atomic E-state index is 3.85. The summed E-state index contributed by atoms with van der Waals surface area (Å²) in [4.78, 5) is 0. The van der Waals surface area contributed by atoms with Crippen LogP contribution in [0.1, 0.15) is 30.4 Å². The monoisotopic (exact) mass is 583 g/mol. The number of allylic oxidation sites excluding steroid dienone is 4. The van der Waals surface area contributed by atoms with Gasteiger partial charge in [0.15, 0.2) is 0 Å². The van der Waals surface area contributed by atoms with E-state index in [1.165, 1.54) is 54.9 Å². The van der Waals surface area contributed by atoms with E-state index in [1.54, 1.807) is 5.57 Å². The van der Waals surface area contributed by atoms with Gasteiger partial charge in [0.1, 0.15) is 0 Å². The average molecular weight is 587 g/mol. The molecule has 0 atom stereocenters. The SMILES string of the molecule is Brc1ccc2c(c1)=c1cc(Br)c(=C3CC3)c(C3=CC=CC3)c1[C-]=2.[Cl-].[Cl-].[Zr+3]. The summed E-state index contributed by atoms with van der Waals surface area (Å²) >= 11 is 7.45. The quantitative estimate of drug-likeness (QED) is 0.315. The Morgan fingerprint density at radius 1 is 0.962 bits per heavy atom. The predicted octanol–water partition coefficient (Wildman–Crippen LogP) is -1.19. The number of benzene rings is 2. The maximum atomic E-state index is 3.85. The van der Waals surface area contributed by atoms with Gasteiger partial charge in [0.05, 0.1) is 0 Å². The van der Waals surface area contributed by atoms with E-state index in [0.29, 0.717) is 0 Å². The molecule has 0 N–H and O–H groups in total. The number of halogens is 4. The van der Waals surface area contributed by atoms with E-state index >= 15 is 0 Å². The summed E-state index contributed by atoms with van der Waals surface area (Å²) in [5.41, 5.74) is 5.64. The molecular formula is C21H13Br2Cl2Zr. The molecule has 1 radical (unpaired) electrons. The molecule has 0 bridgehead atoms. The first-order valence-corrected chi connectivity index (χ1v) is 9.45. The summed E-state index contributed by atoms with van der Waals surface area (Å²) in [6.45, 7) is 0. The van der Waals surface area contributed by atoms with E-state index in [-0.39, 0.29) is 51.0 Å². The molecule has 26 heavy (non-hydrogen) atoms. The topological polar surface area (TPSA) is 0 Å². The molecule has 0 saturated heterocycles. The normalized spacial score (nSPS) is 15.0. The molecule has 5 rings (SSSR count). The van der Waals surface area contributed by atoms with Crippen LogP contribution in [0, 0.1) is 10.4 Å². The molecule has 0 nitrogen and oxygen atoms in total. The van der Waals surface area contributed by atoms with Gasteiger partial charge in [-0.25, -0.2) is 0 Å². The van der Waals surface area contributed by atoms with Gasteiger partial charge in [-0.1, -0.05) is 85.0 Å². The number of rotatable bonds is 1. The molecule has 1 fully saturated rings. The maximum Gasteiger partial charge on any atom is 3.00 e. The van der Waals surface area contributed by atoms with Crippen molar-refractivity contribution in [3.05, 3.63) is 83.4 Å². The van der Waals surface area contributed by atoms with Crippen LogP contribution in [-0.4, -0.2) is 0 Å². The van der Waals surface area contributed by atoms with Crippen molar-refractivity contribution in [3.8, 4) is 0 Å².